The molecular formula is C21H24N2O2S. The monoisotopic (exact) mass is 368 g/mol. The van der Waals surface area contributed by atoms with Gasteiger partial charge in [0.2, 0.25) is 0 Å². The molecule has 0 unspecified atom stereocenters. The van der Waals surface area contributed by atoms with Gasteiger partial charge in [-0.05, 0) is 81.2 Å². The first kappa shape index (κ1) is 17.4. The summed E-state index contributed by atoms with van der Waals surface area (Å²) < 4.78 is 0. The lowest BCUT2D eigenvalue weighted by molar-refractivity contribution is 0.0217. The molecule has 26 heavy (non-hydrogen) atoms. The van der Waals surface area contributed by atoms with E-state index in [1.807, 2.05) is 36.4 Å². The van der Waals surface area contributed by atoms with Gasteiger partial charge in [-0.25, -0.2) is 0 Å². The minimum atomic E-state index is 0.0181. The second-order valence-corrected chi connectivity index (χ2v) is 8.38. The number of nitrogens with zero attached hydrogens (tertiary/aromatic N) is 1. The average molecular weight is 369 g/mol. The fourth-order valence-corrected chi connectivity index (χ4v) is 5.01. The first-order valence-corrected chi connectivity index (χ1v) is 10.0. The Labute approximate surface area is 158 Å². The molecule has 1 amide bonds. The number of carbonyl (C=O) groups excluding carboxylic acids is 1. The average Bonchev–Trinajstić information content (AvgIpc) is 2.65. The van der Waals surface area contributed by atoms with Crippen molar-refractivity contribution in [2.24, 2.45) is 5.92 Å². The summed E-state index contributed by atoms with van der Waals surface area (Å²) in [6.07, 6.45) is 2.38. The van der Waals surface area contributed by atoms with Crippen molar-refractivity contribution >= 4 is 17.7 Å². The van der Waals surface area contributed by atoms with Crippen molar-refractivity contribution in [3.8, 4) is 5.75 Å². The molecule has 3 aliphatic heterocycles. The smallest absolute Gasteiger partial charge is 0.251 e. The highest BCUT2D eigenvalue weighted by Crippen LogP contribution is 2.33. The van der Waals surface area contributed by atoms with Crippen LogP contribution < -0.4 is 5.32 Å². The number of phenols is 1. The van der Waals surface area contributed by atoms with Crippen LogP contribution in [-0.4, -0.2) is 41.1 Å². The maximum atomic E-state index is 12.7. The Hall–Kier alpha value is -1.98. The molecule has 0 aliphatic carbocycles. The fourth-order valence-electron chi connectivity index (χ4n) is 4.14. The molecule has 5 heteroatoms. The van der Waals surface area contributed by atoms with Crippen molar-refractivity contribution in [3.05, 3.63) is 54.1 Å². The van der Waals surface area contributed by atoms with Gasteiger partial charge < -0.3 is 10.4 Å². The number of fused-ring (bicyclic) bond motifs is 3. The van der Waals surface area contributed by atoms with E-state index >= 15 is 0 Å². The summed E-state index contributed by atoms with van der Waals surface area (Å²) in [5.74, 6) is 0.890. The number of hydrogen-bond acceptors (Lipinski definition) is 4. The van der Waals surface area contributed by atoms with E-state index in [-0.39, 0.29) is 17.7 Å². The predicted molar refractivity (Wildman–Crippen MR) is 104 cm³/mol. The lowest BCUT2D eigenvalue weighted by Gasteiger charge is -2.49. The highest BCUT2D eigenvalue weighted by Gasteiger charge is 2.40. The summed E-state index contributed by atoms with van der Waals surface area (Å²) in [5, 5.41) is 12.8. The van der Waals surface area contributed by atoms with Crippen molar-refractivity contribution in [1.29, 1.82) is 0 Å². The molecular weight excluding hydrogens is 344 g/mol. The van der Waals surface area contributed by atoms with Crippen molar-refractivity contribution in [3.63, 3.8) is 0 Å². The zero-order chi connectivity index (χ0) is 18.1. The molecule has 5 rings (SSSR count). The van der Waals surface area contributed by atoms with Crippen molar-refractivity contribution in [1.82, 2.24) is 10.2 Å². The van der Waals surface area contributed by atoms with Crippen molar-refractivity contribution in [2.75, 3.05) is 13.1 Å². The summed E-state index contributed by atoms with van der Waals surface area (Å²) in [5.41, 5.74) is 0.703. The molecule has 136 valence electrons. The second-order valence-electron chi connectivity index (χ2n) is 7.24. The first-order valence-electron chi connectivity index (χ1n) is 9.22. The van der Waals surface area contributed by atoms with Crippen LogP contribution in [0.5, 0.6) is 5.75 Å². The molecule has 3 aliphatic rings. The van der Waals surface area contributed by atoms with Gasteiger partial charge in [0, 0.05) is 27.4 Å². The largest absolute Gasteiger partial charge is 0.508 e. The third kappa shape index (κ3) is 3.60. The Kier molecular flexibility index (Phi) is 4.92. The van der Waals surface area contributed by atoms with Gasteiger partial charge in [-0.15, -0.1) is 0 Å². The van der Waals surface area contributed by atoms with Gasteiger partial charge in [0.05, 0.1) is 0 Å². The minimum Gasteiger partial charge on any atom is -0.508 e. The van der Waals surface area contributed by atoms with Crippen molar-refractivity contribution < 1.29 is 9.90 Å². The van der Waals surface area contributed by atoms with E-state index in [0.717, 1.165) is 9.79 Å². The fraction of sp³-hybridized carbons (Fsp3) is 0.381. The predicted octanol–water partition coefficient (Wildman–Crippen LogP) is 3.76. The molecule has 3 saturated heterocycles. The van der Waals surface area contributed by atoms with Crippen LogP contribution in [0.25, 0.3) is 0 Å². The van der Waals surface area contributed by atoms with Crippen LogP contribution in [0.1, 0.15) is 30.1 Å². The summed E-state index contributed by atoms with van der Waals surface area (Å²) in [6, 6.07) is 15.5. The number of rotatable bonds is 4. The Morgan fingerprint density at radius 2 is 1.85 bits per heavy atom. The molecule has 4 nitrogen and oxygen atoms in total. The molecule has 0 spiro atoms. The highest BCUT2D eigenvalue weighted by molar-refractivity contribution is 7.99. The number of piperidine rings is 3. The zero-order valence-corrected chi connectivity index (χ0v) is 15.7. The number of benzene rings is 2. The van der Waals surface area contributed by atoms with Gasteiger partial charge in [-0.3, -0.25) is 9.69 Å². The molecule has 0 saturated carbocycles. The van der Waals surface area contributed by atoms with E-state index in [4.69, 9.17) is 0 Å². The molecule has 2 bridgehead atoms. The number of phenolic OH excluding ortho intramolecular Hbond substituents is 1. The Morgan fingerprint density at radius 1 is 1.12 bits per heavy atom. The van der Waals surface area contributed by atoms with E-state index in [0.29, 0.717) is 17.5 Å². The van der Waals surface area contributed by atoms with Crippen molar-refractivity contribution in [2.45, 2.75) is 41.6 Å². The summed E-state index contributed by atoms with van der Waals surface area (Å²) >= 11 is 1.57. The number of nitrogens with one attached hydrogen (secondary N) is 1. The van der Waals surface area contributed by atoms with E-state index in [1.54, 1.807) is 23.9 Å². The van der Waals surface area contributed by atoms with E-state index in [2.05, 4.69) is 17.1 Å². The van der Waals surface area contributed by atoms with E-state index in [1.165, 1.54) is 25.9 Å². The first-order chi connectivity index (χ1) is 12.6. The third-order valence-electron chi connectivity index (χ3n) is 5.65. The van der Waals surface area contributed by atoms with Crippen LogP contribution in [-0.2, 0) is 0 Å². The van der Waals surface area contributed by atoms with Gasteiger partial charge >= 0.3 is 0 Å². The molecule has 2 aromatic carbocycles. The van der Waals surface area contributed by atoms with E-state index < -0.39 is 0 Å². The molecule has 3 heterocycles. The molecule has 2 N–H and O–H groups in total. The Morgan fingerprint density at radius 3 is 2.50 bits per heavy atom. The number of aromatic hydroxyl groups is 1. The summed E-state index contributed by atoms with van der Waals surface area (Å²) in [6.45, 7) is 4.56. The van der Waals surface area contributed by atoms with Gasteiger partial charge in [0.15, 0.2) is 0 Å². The van der Waals surface area contributed by atoms with Crippen LogP contribution in [0.4, 0.5) is 0 Å². The van der Waals surface area contributed by atoms with Gasteiger partial charge in [-0.1, -0.05) is 17.8 Å². The van der Waals surface area contributed by atoms with Gasteiger partial charge in [-0.2, -0.15) is 0 Å². The molecule has 2 aromatic rings. The van der Waals surface area contributed by atoms with Gasteiger partial charge in [0.1, 0.15) is 5.75 Å². The van der Waals surface area contributed by atoms with Crippen LogP contribution in [0, 0.1) is 5.92 Å². The standard InChI is InChI=1S/C21H24N2O2S/c1-14-20(15-9-11-23(14)12-10-15)22-21(25)16-5-7-18(8-6-16)26-19-4-2-3-17(24)13-19/h2-8,13-15,20,24H,9-12H2,1H3,(H,22,25)/t14-,20-/m0/s1. The maximum absolute atomic E-state index is 12.7. The number of hydrogen-bond donors (Lipinski definition) is 2. The summed E-state index contributed by atoms with van der Waals surface area (Å²) in [4.78, 5) is 17.2. The lowest BCUT2D eigenvalue weighted by atomic mass is 9.79. The quantitative estimate of drug-likeness (QED) is 0.863. The Bertz CT molecular complexity index is 783. The number of carbonyl (C=O) groups is 1. The molecule has 3 fully saturated rings. The number of amides is 1. The van der Waals surface area contributed by atoms with Crippen LogP contribution >= 0.6 is 11.8 Å². The SMILES string of the molecule is C[C@H]1[C@H](NC(=O)c2ccc(Sc3cccc(O)c3)cc2)C2CCN1CC2. The second kappa shape index (κ2) is 7.33. The lowest BCUT2D eigenvalue weighted by Crippen LogP contribution is -2.62. The van der Waals surface area contributed by atoms with Crippen LogP contribution in [0.2, 0.25) is 0 Å². The maximum Gasteiger partial charge on any atom is 0.251 e. The normalized spacial score (nSPS) is 27.3. The topological polar surface area (TPSA) is 52.6 Å². The molecule has 0 radical (unpaired) electrons. The molecule has 2 atom stereocenters. The van der Waals surface area contributed by atoms with E-state index in [9.17, 15) is 9.90 Å². The Balaban J connectivity index is 1.41. The van der Waals surface area contributed by atoms with Crippen LogP contribution in [0.15, 0.2) is 58.3 Å². The zero-order valence-electron chi connectivity index (χ0n) is 14.9. The molecule has 0 aromatic heterocycles. The van der Waals surface area contributed by atoms with Gasteiger partial charge in [0.25, 0.3) is 5.91 Å². The summed E-state index contributed by atoms with van der Waals surface area (Å²) in [7, 11) is 0. The highest BCUT2D eigenvalue weighted by atomic mass is 32.2. The third-order valence-corrected chi connectivity index (χ3v) is 6.64. The minimum absolute atomic E-state index is 0.0181. The van der Waals surface area contributed by atoms with Crippen LogP contribution in [0.3, 0.4) is 0 Å².